The number of benzene rings is 6. The minimum Gasteiger partial charge on any atom is -0.457 e. The van der Waals surface area contributed by atoms with Crippen LogP contribution >= 0.6 is 0 Å². The van der Waals surface area contributed by atoms with Crippen molar-refractivity contribution < 1.29 is 44.8 Å². The van der Waals surface area contributed by atoms with E-state index in [1.165, 1.54) is 17.2 Å². The number of nitrogens with zero attached hydrogens (tertiary/aromatic N) is 4. The lowest BCUT2D eigenvalue weighted by Crippen LogP contribution is -2.44. The molecule has 16 heteroatoms. The molecule has 9 rings (SSSR count). The molecule has 340 valence electrons. The van der Waals surface area contributed by atoms with Gasteiger partial charge in [-0.1, -0.05) is 182 Å². The molecule has 0 radical (unpaired) electrons. The van der Waals surface area contributed by atoms with Gasteiger partial charge in [0.05, 0.1) is 12.9 Å². The molecule has 67 heavy (non-hydrogen) atoms. The molecule has 6 aromatic carbocycles. The van der Waals surface area contributed by atoms with Gasteiger partial charge < -0.3 is 19.5 Å². The maximum absolute atomic E-state index is 14.3. The van der Waals surface area contributed by atoms with E-state index in [0.717, 1.165) is 23.6 Å². The molecule has 0 saturated carbocycles. The fraction of sp³-hybridized carbons (Fsp3) is 0.176. The van der Waals surface area contributed by atoms with Gasteiger partial charge in [0.1, 0.15) is 23.6 Å². The molecule has 1 aliphatic rings. The number of fused-ring (bicyclic) bond motifs is 1. The number of nitrogens with one attached hydrogen (secondary N) is 1. The predicted molar refractivity (Wildman–Crippen MR) is 243 cm³/mol. The largest absolute Gasteiger partial charge is 0.523 e. The number of esters is 1. The highest BCUT2D eigenvalue weighted by Crippen LogP contribution is 2.45. The van der Waals surface area contributed by atoms with Gasteiger partial charge in [0.2, 0.25) is 0 Å². The van der Waals surface area contributed by atoms with E-state index in [9.17, 15) is 26.4 Å². The smallest absolute Gasteiger partial charge is 0.457 e. The van der Waals surface area contributed by atoms with Crippen molar-refractivity contribution in [2.24, 2.45) is 0 Å². The molecular formula is C51H42F3N5O7S. The molecule has 0 amide bonds. The normalized spacial score (nSPS) is 17.9. The van der Waals surface area contributed by atoms with Gasteiger partial charge >= 0.3 is 21.6 Å². The summed E-state index contributed by atoms with van der Waals surface area (Å²) in [6.45, 7) is 0.584. The highest BCUT2D eigenvalue weighted by Gasteiger charge is 2.57. The summed E-state index contributed by atoms with van der Waals surface area (Å²) in [5, 5.41) is 3.65. The van der Waals surface area contributed by atoms with Crippen molar-refractivity contribution in [1.29, 1.82) is 0 Å². The molecule has 8 aromatic rings. The zero-order chi connectivity index (χ0) is 46.7. The van der Waals surface area contributed by atoms with Gasteiger partial charge in [-0.2, -0.15) is 21.6 Å². The van der Waals surface area contributed by atoms with E-state index < -0.39 is 63.9 Å². The number of halogens is 3. The monoisotopic (exact) mass is 925 g/mol. The third kappa shape index (κ3) is 8.55. The Balaban J connectivity index is 1.17. The van der Waals surface area contributed by atoms with Crippen molar-refractivity contribution in [3.8, 4) is 0 Å². The Morgan fingerprint density at radius 3 is 1.49 bits per heavy atom. The fourth-order valence-corrected chi connectivity index (χ4v) is 9.37. The van der Waals surface area contributed by atoms with E-state index >= 15 is 0 Å². The summed E-state index contributed by atoms with van der Waals surface area (Å²) >= 11 is 0. The maximum atomic E-state index is 14.3. The highest BCUT2D eigenvalue weighted by molar-refractivity contribution is 7.87. The summed E-state index contributed by atoms with van der Waals surface area (Å²) in [5.41, 5.74) is -3.55. The molecule has 1 fully saturated rings. The molecule has 1 saturated heterocycles. The molecule has 1 N–H and O–H groups in total. The van der Waals surface area contributed by atoms with Crippen LogP contribution in [0.25, 0.3) is 11.2 Å². The van der Waals surface area contributed by atoms with Crippen LogP contribution in [0, 0.1) is 0 Å². The minimum absolute atomic E-state index is 0.0268. The van der Waals surface area contributed by atoms with Crippen LogP contribution in [0.15, 0.2) is 195 Å². The molecule has 0 aliphatic carbocycles. The second-order valence-corrected chi connectivity index (χ2v) is 17.3. The third-order valence-corrected chi connectivity index (χ3v) is 12.7. The molecule has 12 nitrogen and oxygen atoms in total. The van der Waals surface area contributed by atoms with Gasteiger partial charge in [-0.05, 0) is 33.4 Å². The molecule has 1 aliphatic heterocycles. The Morgan fingerprint density at radius 1 is 0.642 bits per heavy atom. The van der Waals surface area contributed by atoms with Crippen LogP contribution < -0.4 is 5.32 Å². The molecule has 0 bridgehead atoms. The van der Waals surface area contributed by atoms with Crippen LogP contribution in [0.2, 0.25) is 0 Å². The Morgan fingerprint density at radius 2 is 1.07 bits per heavy atom. The first-order valence-electron chi connectivity index (χ1n) is 21.2. The van der Waals surface area contributed by atoms with Crippen molar-refractivity contribution in [3.63, 3.8) is 0 Å². The van der Waals surface area contributed by atoms with Gasteiger partial charge in [0.25, 0.3) is 0 Å². The second-order valence-electron chi connectivity index (χ2n) is 15.7. The van der Waals surface area contributed by atoms with Crippen molar-refractivity contribution >= 4 is 33.1 Å². The lowest BCUT2D eigenvalue weighted by atomic mass is 9.77. The molecule has 2 aromatic heterocycles. The Hall–Kier alpha value is -7.24. The van der Waals surface area contributed by atoms with Crippen molar-refractivity contribution in [1.82, 2.24) is 19.5 Å². The number of aromatic nitrogens is 4. The third-order valence-electron chi connectivity index (χ3n) is 11.7. The molecular weight excluding hydrogens is 884 g/mol. The van der Waals surface area contributed by atoms with Crippen molar-refractivity contribution in [2.45, 2.75) is 48.1 Å². The first kappa shape index (κ1) is 44.9. The summed E-state index contributed by atoms with van der Waals surface area (Å²) in [4.78, 5) is 26.6. The summed E-state index contributed by atoms with van der Waals surface area (Å²) in [6, 6.07) is 56.8. The van der Waals surface area contributed by atoms with Crippen LogP contribution in [-0.2, 0) is 44.4 Å². The van der Waals surface area contributed by atoms with Crippen molar-refractivity contribution in [3.05, 3.63) is 228 Å². The van der Waals surface area contributed by atoms with E-state index in [0.29, 0.717) is 16.7 Å². The van der Waals surface area contributed by atoms with E-state index in [4.69, 9.17) is 18.4 Å². The number of carbonyl (C=O) groups excluding carboxylic acids is 1. The number of carbonyl (C=O) groups is 1. The van der Waals surface area contributed by atoms with Gasteiger partial charge in [0.15, 0.2) is 35.4 Å². The zero-order valence-electron chi connectivity index (χ0n) is 35.7. The van der Waals surface area contributed by atoms with Crippen LogP contribution in [0.1, 0.15) is 46.5 Å². The number of imidazole rings is 1. The second kappa shape index (κ2) is 18.6. The summed E-state index contributed by atoms with van der Waals surface area (Å²) in [5.74, 6) is -0.727. The SMILES string of the molecule is CC(=O)O[C@H]1[C@@H](OS(=O)(=O)C(F)(F)F)[C@H](n2cnc3c(NC(c4ccccc4)(c4ccccc4)c4ccccc4)ncnc32)O[C@@H]1COC(c1ccccc1)(c1ccccc1)c1ccccc1. The Bertz CT molecular complexity index is 2850. The molecule has 3 heterocycles. The van der Waals surface area contributed by atoms with Crippen molar-refractivity contribution in [2.75, 3.05) is 11.9 Å². The van der Waals surface area contributed by atoms with E-state index in [-0.39, 0.29) is 17.0 Å². The molecule has 0 spiro atoms. The Kier molecular flexibility index (Phi) is 12.5. The number of hydrogen-bond donors (Lipinski definition) is 1. The summed E-state index contributed by atoms with van der Waals surface area (Å²) in [7, 11) is -6.34. The Labute approximate surface area is 384 Å². The zero-order valence-corrected chi connectivity index (χ0v) is 36.5. The minimum atomic E-state index is -6.34. The maximum Gasteiger partial charge on any atom is 0.523 e. The average Bonchev–Trinajstić information content (AvgIpc) is 3.93. The van der Waals surface area contributed by atoms with Crippen LogP contribution in [0.3, 0.4) is 0 Å². The summed E-state index contributed by atoms with van der Waals surface area (Å²) < 4.78 is 94.2. The molecule has 4 atom stereocenters. The van der Waals surface area contributed by atoms with Crippen LogP contribution in [0.5, 0.6) is 0 Å². The van der Waals surface area contributed by atoms with E-state index in [2.05, 4.69) is 20.3 Å². The number of rotatable bonds is 15. The van der Waals surface area contributed by atoms with E-state index in [1.54, 1.807) is 0 Å². The number of ether oxygens (including phenoxy) is 3. The summed E-state index contributed by atoms with van der Waals surface area (Å²) in [6.07, 6.45) is -4.62. The van der Waals surface area contributed by atoms with E-state index in [1.807, 2.05) is 182 Å². The highest BCUT2D eigenvalue weighted by atomic mass is 32.2. The van der Waals surface area contributed by atoms with Gasteiger partial charge in [-0.25, -0.2) is 15.0 Å². The van der Waals surface area contributed by atoms with Crippen LogP contribution in [-0.4, -0.2) is 64.3 Å². The van der Waals surface area contributed by atoms with Gasteiger partial charge in [-0.3, -0.25) is 13.5 Å². The topological polar surface area (TPSA) is 144 Å². The lowest BCUT2D eigenvalue weighted by Gasteiger charge is -2.37. The number of alkyl halides is 3. The average molecular weight is 926 g/mol. The quantitative estimate of drug-likeness (QED) is 0.0455. The molecule has 0 unspecified atom stereocenters. The lowest BCUT2D eigenvalue weighted by molar-refractivity contribution is -0.155. The number of anilines is 1. The van der Waals surface area contributed by atoms with Gasteiger partial charge in [0, 0.05) is 6.92 Å². The number of hydrogen-bond acceptors (Lipinski definition) is 11. The predicted octanol–water partition coefficient (Wildman–Crippen LogP) is 9.30. The first-order valence-corrected chi connectivity index (χ1v) is 22.6. The standard InChI is InChI=1S/C51H42F3N5O7S/c1-35(60)64-44-42(32-63-50(39-26-14-5-15-27-39,40-28-16-6-17-29-40)41-30-18-7-19-31-41)65-48(45(44)66-67(61,62)51(52,53)54)59-34-57-43-46(55-33-56-47(43)59)58-49(36-20-8-2-9-21-36,37-22-10-3-11-23-37)38-24-12-4-13-25-38/h2-31,33-34,42,44-45,48H,32H2,1H3,(H,55,56,58)/t42-,44-,45-,48-/m1/s1. The fourth-order valence-electron chi connectivity index (χ4n) is 8.77. The van der Waals surface area contributed by atoms with Crippen LogP contribution in [0.4, 0.5) is 19.0 Å². The van der Waals surface area contributed by atoms with Gasteiger partial charge in [-0.15, -0.1) is 0 Å². The first-order chi connectivity index (χ1) is 32.4.